The van der Waals surface area contributed by atoms with E-state index in [1.54, 1.807) is 24.3 Å². The lowest BCUT2D eigenvalue weighted by Crippen LogP contribution is -2.32. The first kappa shape index (κ1) is 19.2. The van der Waals surface area contributed by atoms with Crippen LogP contribution in [0.3, 0.4) is 0 Å². The fourth-order valence-electron chi connectivity index (χ4n) is 3.76. The molecule has 29 heavy (non-hydrogen) atoms. The van der Waals surface area contributed by atoms with Gasteiger partial charge in [0.15, 0.2) is 5.43 Å². The van der Waals surface area contributed by atoms with Crippen molar-refractivity contribution in [3.63, 3.8) is 0 Å². The molecule has 2 heterocycles. The highest BCUT2D eigenvalue weighted by Gasteiger charge is 2.42. The summed E-state index contributed by atoms with van der Waals surface area (Å²) in [5.74, 6) is 0.342. The van der Waals surface area contributed by atoms with Crippen LogP contribution in [0.15, 0.2) is 57.7 Å². The van der Waals surface area contributed by atoms with Crippen LogP contribution in [-0.4, -0.2) is 35.7 Å². The Labute approximate surface area is 168 Å². The number of hydrogen-bond donors (Lipinski definition) is 1. The Morgan fingerprint density at radius 1 is 1.14 bits per heavy atom. The van der Waals surface area contributed by atoms with Crippen molar-refractivity contribution in [1.29, 1.82) is 0 Å². The van der Waals surface area contributed by atoms with Gasteiger partial charge in [0.1, 0.15) is 11.3 Å². The first-order valence-corrected chi connectivity index (χ1v) is 9.86. The first-order valence-electron chi connectivity index (χ1n) is 9.86. The van der Waals surface area contributed by atoms with E-state index in [1.807, 2.05) is 24.3 Å². The average Bonchev–Trinajstić information content (AvgIpc) is 3.01. The quantitative estimate of drug-likeness (QED) is 0.622. The molecule has 4 rings (SSSR count). The van der Waals surface area contributed by atoms with Crippen molar-refractivity contribution in [1.82, 2.24) is 4.90 Å². The lowest BCUT2D eigenvalue weighted by Gasteiger charge is -2.24. The van der Waals surface area contributed by atoms with Crippen molar-refractivity contribution in [3.8, 4) is 5.75 Å². The molecule has 0 spiro atoms. The van der Waals surface area contributed by atoms with Gasteiger partial charge in [-0.2, -0.15) is 0 Å². The second-order valence-electron chi connectivity index (χ2n) is 7.07. The van der Waals surface area contributed by atoms with E-state index in [0.717, 1.165) is 18.4 Å². The molecule has 150 valence electrons. The molecule has 1 amide bonds. The lowest BCUT2D eigenvalue weighted by molar-refractivity contribution is 0.0691. The molecule has 0 saturated heterocycles. The molecule has 0 radical (unpaired) electrons. The standard InChI is InChI=1S/C23H23NO5/c1-2-3-13-28-16-8-6-7-15(14-16)20-19-21(26)17-9-4-5-10-18(17)29-22(19)23(27)24(20)11-12-25/h4-10,14,20,25H,2-3,11-13H2,1H3/t20-/m0/s1. The SMILES string of the molecule is CCCCOc1cccc([C@H]2c3c(oc4ccccc4c3=O)C(=O)N2CCO)c1. The molecule has 1 aromatic heterocycles. The van der Waals surface area contributed by atoms with Gasteiger partial charge in [-0.25, -0.2) is 0 Å². The molecule has 1 atom stereocenters. The summed E-state index contributed by atoms with van der Waals surface area (Å²) in [6.07, 6.45) is 1.98. The van der Waals surface area contributed by atoms with Gasteiger partial charge in [0.05, 0.1) is 30.2 Å². The predicted molar refractivity (Wildman–Crippen MR) is 109 cm³/mol. The van der Waals surface area contributed by atoms with Crippen molar-refractivity contribution < 1.29 is 19.1 Å². The molecule has 2 aromatic carbocycles. The van der Waals surface area contributed by atoms with Crippen molar-refractivity contribution in [2.45, 2.75) is 25.8 Å². The molecule has 0 bridgehead atoms. The van der Waals surface area contributed by atoms with Crippen LogP contribution in [-0.2, 0) is 0 Å². The van der Waals surface area contributed by atoms with E-state index in [0.29, 0.717) is 28.9 Å². The number of unbranched alkanes of at least 4 members (excludes halogenated alkanes) is 1. The third kappa shape index (κ3) is 3.40. The summed E-state index contributed by atoms with van der Waals surface area (Å²) in [5.41, 5.74) is 1.22. The van der Waals surface area contributed by atoms with Gasteiger partial charge in [-0.05, 0) is 36.2 Å². The summed E-state index contributed by atoms with van der Waals surface area (Å²) in [6.45, 7) is 2.59. The van der Waals surface area contributed by atoms with Crippen LogP contribution in [0.5, 0.6) is 5.75 Å². The smallest absolute Gasteiger partial charge is 0.290 e. The summed E-state index contributed by atoms with van der Waals surface area (Å²) in [7, 11) is 0. The van der Waals surface area contributed by atoms with Crippen LogP contribution >= 0.6 is 0 Å². The van der Waals surface area contributed by atoms with Gasteiger partial charge in [0, 0.05) is 6.54 Å². The van der Waals surface area contributed by atoms with Crippen LogP contribution in [0.2, 0.25) is 0 Å². The van der Waals surface area contributed by atoms with Crippen molar-refractivity contribution in [2.24, 2.45) is 0 Å². The summed E-state index contributed by atoms with van der Waals surface area (Å²) < 4.78 is 11.6. The molecule has 1 aliphatic heterocycles. The monoisotopic (exact) mass is 393 g/mol. The summed E-state index contributed by atoms with van der Waals surface area (Å²) in [6, 6.07) is 13.7. The molecule has 0 fully saturated rings. The molecule has 6 heteroatoms. The minimum Gasteiger partial charge on any atom is -0.494 e. The van der Waals surface area contributed by atoms with E-state index in [4.69, 9.17) is 9.15 Å². The topological polar surface area (TPSA) is 80.0 Å². The number of carbonyl (C=O) groups excluding carboxylic acids is 1. The molecule has 3 aromatic rings. The van der Waals surface area contributed by atoms with Gasteiger partial charge in [0.2, 0.25) is 5.76 Å². The Morgan fingerprint density at radius 2 is 1.97 bits per heavy atom. The fraction of sp³-hybridized carbons (Fsp3) is 0.304. The Morgan fingerprint density at radius 3 is 2.76 bits per heavy atom. The fourth-order valence-corrected chi connectivity index (χ4v) is 3.76. The van der Waals surface area contributed by atoms with Crippen molar-refractivity contribution >= 4 is 16.9 Å². The number of ether oxygens (including phenoxy) is 1. The zero-order valence-electron chi connectivity index (χ0n) is 16.3. The minimum absolute atomic E-state index is 0.0458. The normalized spacial score (nSPS) is 15.7. The van der Waals surface area contributed by atoms with Crippen LogP contribution in [0.25, 0.3) is 11.0 Å². The number of hydrogen-bond acceptors (Lipinski definition) is 5. The highest BCUT2D eigenvalue weighted by Crippen LogP contribution is 2.38. The average molecular weight is 393 g/mol. The molecule has 1 N–H and O–H groups in total. The maximum atomic E-state index is 13.3. The summed E-state index contributed by atoms with van der Waals surface area (Å²) in [4.78, 5) is 27.8. The van der Waals surface area contributed by atoms with E-state index in [-0.39, 0.29) is 30.2 Å². The molecular weight excluding hydrogens is 370 g/mol. The summed E-state index contributed by atoms with van der Waals surface area (Å²) in [5, 5.41) is 9.95. The molecule has 1 aliphatic rings. The van der Waals surface area contributed by atoms with Gasteiger partial charge < -0.3 is 19.2 Å². The number of aliphatic hydroxyl groups is 1. The molecule has 0 saturated carbocycles. The van der Waals surface area contributed by atoms with Crippen molar-refractivity contribution in [2.75, 3.05) is 19.8 Å². The minimum atomic E-state index is -0.625. The van der Waals surface area contributed by atoms with E-state index >= 15 is 0 Å². The van der Waals surface area contributed by atoms with Gasteiger partial charge >= 0.3 is 0 Å². The van der Waals surface area contributed by atoms with Crippen LogP contribution < -0.4 is 10.2 Å². The predicted octanol–water partition coefficient (Wildman–Crippen LogP) is 3.51. The highest BCUT2D eigenvalue weighted by atomic mass is 16.5. The lowest BCUT2D eigenvalue weighted by atomic mass is 9.98. The van der Waals surface area contributed by atoms with Crippen molar-refractivity contribution in [3.05, 3.63) is 75.6 Å². The second kappa shape index (κ2) is 8.09. The number of β-amino-alcohol motifs (C(OH)–C–C–N with tert-alkyl or cyclic N) is 1. The van der Waals surface area contributed by atoms with E-state index in [9.17, 15) is 14.7 Å². The van der Waals surface area contributed by atoms with E-state index in [2.05, 4.69) is 6.92 Å². The highest BCUT2D eigenvalue weighted by molar-refractivity contribution is 5.99. The van der Waals surface area contributed by atoms with Gasteiger partial charge in [-0.1, -0.05) is 37.6 Å². The van der Waals surface area contributed by atoms with Crippen LogP contribution in [0.4, 0.5) is 0 Å². The van der Waals surface area contributed by atoms with Crippen LogP contribution in [0.1, 0.15) is 47.5 Å². The molecule has 6 nitrogen and oxygen atoms in total. The Bertz CT molecular complexity index is 1100. The largest absolute Gasteiger partial charge is 0.494 e. The molecule has 0 unspecified atom stereocenters. The van der Waals surface area contributed by atoms with Crippen LogP contribution in [0, 0.1) is 0 Å². The number of aliphatic hydroxyl groups excluding tert-OH is 1. The van der Waals surface area contributed by atoms with Gasteiger partial charge in [-0.3, -0.25) is 9.59 Å². The zero-order chi connectivity index (χ0) is 20.4. The third-order valence-corrected chi connectivity index (χ3v) is 5.15. The number of carbonyl (C=O) groups is 1. The number of fused-ring (bicyclic) bond motifs is 2. The molecular formula is C23H23NO5. The van der Waals surface area contributed by atoms with E-state index < -0.39 is 6.04 Å². The maximum absolute atomic E-state index is 13.3. The second-order valence-corrected chi connectivity index (χ2v) is 7.07. The summed E-state index contributed by atoms with van der Waals surface area (Å²) >= 11 is 0. The van der Waals surface area contributed by atoms with Gasteiger partial charge in [0.25, 0.3) is 5.91 Å². The molecule has 0 aliphatic carbocycles. The Hall–Kier alpha value is -3.12. The third-order valence-electron chi connectivity index (χ3n) is 5.15. The Kier molecular flexibility index (Phi) is 5.36. The number of rotatable bonds is 7. The number of para-hydroxylation sites is 1. The zero-order valence-corrected chi connectivity index (χ0v) is 16.3. The maximum Gasteiger partial charge on any atom is 0.290 e. The number of benzene rings is 2. The number of amides is 1. The van der Waals surface area contributed by atoms with Gasteiger partial charge in [-0.15, -0.1) is 0 Å². The first-order chi connectivity index (χ1) is 14.2. The number of nitrogens with zero attached hydrogens (tertiary/aromatic N) is 1. The van der Waals surface area contributed by atoms with E-state index in [1.165, 1.54) is 4.90 Å². The Balaban J connectivity index is 1.84.